The van der Waals surface area contributed by atoms with E-state index in [0.29, 0.717) is 0 Å². The zero-order valence-electron chi connectivity index (χ0n) is 14.5. The number of carbonyl (C=O) groups excluding carboxylic acids is 2. The van der Waals surface area contributed by atoms with Crippen molar-refractivity contribution in [3.8, 4) is 0 Å². The predicted octanol–water partition coefficient (Wildman–Crippen LogP) is 2.48. The molecule has 4 unspecified atom stereocenters. The molecule has 0 bridgehead atoms. The summed E-state index contributed by atoms with van der Waals surface area (Å²) in [7, 11) is 2.84. The minimum absolute atomic E-state index is 0.121. The first-order valence-corrected chi connectivity index (χ1v) is 7.69. The lowest BCUT2D eigenvalue weighted by Gasteiger charge is -2.35. The second-order valence-electron chi connectivity index (χ2n) is 5.85. The van der Waals surface area contributed by atoms with Gasteiger partial charge in [-0.05, 0) is 33.2 Å². The van der Waals surface area contributed by atoms with Crippen molar-refractivity contribution >= 4 is 11.9 Å². The van der Waals surface area contributed by atoms with E-state index < -0.39 is 0 Å². The van der Waals surface area contributed by atoms with Crippen molar-refractivity contribution in [3.05, 3.63) is 0 Å². The van der Waals surface area contributed by atoms with E-state index in [1.54, 1.807) is 0 Å². The summed E-state index contributed by atoms with van der Waals surface area (Å²) in [4.78, 5) is 25.4. The van der Waals surface area contributed by atoms with Gasteiger partial charge >= 0.3 is 11.9 Å². The van der Waals surface area contributed by atoms with Gasteiger partial charge in [0.2, 0.25) is 0 Å². The van der Waals surface area contributed by atoms with Crippen LogP contribution in [-0.4, -0.2) is 49.7 Å². The maximum atomic E-state index is 11.5. The molecule has 4 atom stereocenters. The Morgan fingerprint density at radius 2 is 1.19 bits per heavy atom. The van der Waals surface area contributed by atoms with Gasteiger partial charge in [-0.3, -0.25) is 14.5 Å². The molecule has 0 aromatic rings. The molecule has 0 aromatic carbocycles. The maximum absolute atomic E-state index is 11.5. The number of rotatable bonds is 9. The van der Waals surface area contributed by atoms with Gasteiger partial charge in [0, 0.05) is 12.1 Å². The van der Waals surface area contributed by atoms with Gasteiger partial charge in [0.25, 0.3) is 0 Å². The molecule has 0 saturated heterocycles. The average Bonchev–Trinajstić information content (AvgIpc) is 2.45. The van der Waals surface area contributed by atoms with E-state index in [1.807, 2.05) is 13.8 Å². The Kier molecular flexibility index (Phi) is 9.26. The van der Waals surface area contributed by atoms with Gasteiger partial charge in [0.1, 0.15) is 0 Å². The summed E-state index contributed by atoms with van der Waals surface area (Å²) in [6, 6.07) is 0.507. The zero-order chi connectivity index (χ0) is 16.6. The molecule has 0 aromatic heterocycles. The second kappa shape index (κ2) is 9.77. The van der Waals surface area contributed by atoms with Crippen molar-refractivity contribution in [3.63, 3.8) is 0 Å². The third-order valence-corrected chi connectivity index (χ3v) is 4.09. The van der Waals surface area contributed by atoms with E-state index in [-0.39, 0.29) is 35.9 Å². The average molecular weight is 301 g/mol. The number of carbonyl (C=O) groups is 2. The fourth-order valence-electron chi connectivity index (χ4n) is 2.95. The lowest BCUT2D eigenvalue weighted by Crippen LogP contribution is -2.42. The van der Waals surface area contributed by atoms with Crippen LogP contribution in [0.5, 0.6) is 0 Å². The minimum Gasteiger partial charge on any atom is -0.469 e. The molecule has 0 aliphatic carbocycles. The Bertz CT molecular complexity index is 302. The highest BCUT2D eigenvalue weighted by Crippen LogP contribution is 2.19. The van der Waals surface area contributed by atoms with E-state index >= 15 is 0 Å². The van der Waals surface area contributed by atoms with Crippen LogP contribution in [0.15, 0.2) is 0 Å². The first-order chi connectivity index (χ1) is 9.78. The lowest BCUT2D eigenvalue weighted by atomic mass is 9.97. The Balaban J connectivity index is 4.60. The highest BCUT2D eigenvalue weighted by molar-refractivity contribution is 5.72. The molecule has 0 aliphatic rings. The summed E-state index contributed by atoms with van der Waals surface area (Å²) >= 11 is 0. The maximum Gasteiger partial charge on any atom is 0.308 e. The molecule has 124 valence electrons. The van der Waals surface area contributed by atoms with Gasteiger partial charge in [-0.1, -0.05) is 20.8 Å². The summed E-state index contributed by atoms with van der Waals surface area (Å²) < 4.78 is 9.56. The molecule has 5 nitrogen and oxygen atoms in total. The lowest BCUT2D eigenvalue weighted by molar-refractivity contribution is -0.145. The first-order valence-electron chi connectivity index (χ1n) is 7.69. The monoisotopic (exact) mass is 301 g/mol. The highest BCUT2D eigenvalue weighted by atomic mass is 16.5. The Hall–Kier alpha value is -1.10. The van der Waals surface area contributed by atoms with E-state index in [0.717, 1.165) is 19.4 Å². The van der Waals surface area contributed by atoms with Crippen molar-refractivity contribution in [1.29, 1.82) is 0 Å². The Morgan fingerprint density at radius 1 is 0.857 bits per heavy atom. The SMILES string of the molecule is CCN(C(C)CC(C)C(=O)OC)C(C)CC(C)C(=O)OC. The summed E-state index contributed by atoms with van der Waals surface area (Å²) in [5.74, 6) is -0.587. The molecule has 0 amide bonds. The van der Waals surface area contributed by atoms with Crippen LogP contribution in [-0.2, 0) is 19.1 Å². The number of methoxy groups -OCH3 is 2. The van der Waals surface area contributed by atoms with Gasteiger partial charge in [-0.15, -0.1) is 0 Å². The van der Waals surface area contributed by atoms with Crippen LogP contribution in [0.1, 0.15) is 47.5 Å². The first kappa shape index (κ1) is 19.9. The molecule has 0 fully saturated rings. The molecule has 0 rings (SSSR count). The van der Waals surface area contributed by atoms with E-state index in [9.17, 15) is 9.59 Å². The van der Waals surface area contributed by atoms with Gasteiger partial charge in [-0.2, -0.15) is 0 Å². The Labute approximate surface area is 129 Å². The molecule has 0 spiro atoms. The van der Waals surface area contributed by atoms with Crippen molar-refractivity contribution in [2.24, 2.45) is 11.8 Å². The molecular weight excluding hydrogens is 270 g/mol. The normalized spacial score (nSPS) is 17.0. The minimum atomic E-state index is -0.173. The van der Waals surface area contributed by atoms with Crippen LogP contribution in [0.3, 0.4) is 0 Å². The summed E-state index contributed by atoms with van der Waals surface area (Å²) in [6.07, 6.45) is 1.49. The summed E-state index contributed by atoms with van der Waals surface area (Å²) in [5.41, 5.74) is 0. The molecule has 0 radical (unpaired) electrons. The van der Waals surface area contributed by atoms with Gasteiger partial charge in [0.15, 0.2) is 0 Å². The van der Waals surface area contributed by atoms with Crippen LogP contribution >= 0.6 is 0 Å². The van der Waals surface area contributed by atoms with Crippen molar-refractivity contribution < 1.29 is 19.1 Å². The number of ether oxygens (including phenoxy) is 2. The van der Waals surface area contributed by atoms with E-state index in [2.05, 4.69) is 25.7 Å². The van der Waals surface area contributed by atoms with Crippen LogP contribution in [0.25, 0.3) is 0 Å². The number of hydrogen-bond donors (Lipinski definition) is 0. The fraction of sp³-hybridized carbons (Fsp3) is 0.875. The largest absolute Gasteiger partial charge is 0.469 e. The standard InChI is InChI=1S/C16H31NO4/c1-8-17(13(4)9-11(2)15(18)20-6)14(5)10-12(3)16(19)21-7/h11-14H,8-10H2,1-7H3. The molecule has 21 heavy (non-hydrogen) atoms. The highest BCUT2D eigenvalue weighted by Gasteiger charge is 2.26. The summed E-state index contributed by atoms with van der Waals surface area (Å²) in [5, 5.41) is 0. The molecule has 0 aliphatic heterocycles. The van der Waals surface area contributed by atoms with Gasteiger partial charge < -0.3 is 9.47 Å². The van der Waals surface area contributed by atoms with Gasteiger partial charge in [0.05, 0.1) is 26.1 Å². The Morgan fingerprint density at radius 3 is 1.43 bits per heavy atom. The van der Waals surface area contributed by atoms with Gasteiger partial charge in [-0.25, -0.2) is 0 Å². The van der Waals surface area contributed by atoms with Crippen molar-refractivity contribution in [1.82, 2.24) is 4.90 Å². The topological polar surface area (TPSA) is 55.8 Å². The third-order valence-electron chi connectivity index (χ3n) is 4.09. The summed E-state index contributed by atoms with van der Waals surface area (Å²) in [6.45, 7) is 11.0. The molecular formula is C16H31NO4. The molecule has 0 saturated carbocycles. The second-order valence-corrected chi connectivity index (χ2v) is 5.85. The fourth-order valence-corrected chi connectivity index (χ4v) is 2.95. The van der Waals surface area contributed by atoms with E-state index in [1.165, 1.54) is 14.2 Å². The number of hydrogen-bond acceptors (Lipinski definition) is 5. The number of esters is 2. The number of nitrogens with zero attached hydrogens (tertiary/aromatic N) is 1. The van der Waals surface area contributed by atoms with Crippen LogP contribution in [0.4, 0.5) is 0 Å². The van der Waals surface area contributed by atoms with Crippen LogP contribution < -0.4 is 0 Å². The van der Waals surface area contributed by atoms with Crippen molar-refractivity contribution in [2.75, 3.05) is 20.8 Å². The molecule has 5 heteroatoms. The molecule has 0 N–H and O–H groups in total. The third kappa shape index (κ3) is 6.46. The zero-order valence-corrected chi connectivity index (χ0v) is 14.5. The van der Waals surface area contributed by atoms with Crippen LogP contribution in [0, 0.1) is 11.8 Å². The van der Waals surface area contributed by atoms with Crippen molar-refractivity contribution in [2.45, 2.75) is 59.5 Å². The smallest absolute Gasteiger partial charge is 0.308 e. The van der Waals surface area contributed by atoms with Crippen LogP contribution in [0.2, 0.25) is 0 Å². The predicted molar refractivity (Wildman–Crippen MR) is 82.9 cm³/mol. The quantitative estimate of drug-likeness (QED) is 0.612. The molecule has 0 heterocycles. The van der Waals surface area contributed by atoms with E-state index in [4.69, 9.17) is 9.47 Å².